The zero-order valence-electron chi connectivity index (χ0n) is 9.97. The van der Waals surface area contributed by atoms with Gasteiger partial charge in [-0.1, -0.05) is 72.3 Å². The van der Waals surface area contributed by atoms with Crippen LogP contribution >= 0.6 is 23.4 Å². The van der Waals surface area contributed by atoms with Gasteiger partial charge in [-0.15, -0.1) is 11.8 Å². The standard InChI is InChI=1S/C15H13ClOS/c1-18-15(16,13-10-6-3-7-11-13)14(17)12-8-4-2-5-9-12/h2-11H,1H3. The summed E-state index contributed by atoms with van der Waals surface area (Å²) in [6, 6.07) is 18.6. The van der Waals surface area contributed by atoms with Crippen LogP contribution in [0.3, 0.4) is 0 Å². The summed E-state index contributed by atoms with van der Waals surface area (Å²) in [5.74, 6) is -0.0801. The first kappa shape index (κ1) is 13.2. The molecule has 0 saturated carbocycles. The molecule has 0 aliphatic carbocycles. The van der Waals surface area contributed by atoms with E-state index >= 15 is 0 Å². The molecule has 0 aliphatic rings. The third kappa shape index (κ3) is 2.45. The van der Waals surface area contributed by atoms with Crippen LogP contribution in [0.4, 0.5) is 0 Å². The van der Waals surface area contributed by atoms with Gasteiger partial charge in [-0.25, -0.2) is 0 Å². The Balaban J connectivity index is 2.43. The molecule has 2 aromatic rings. The molecule has 2 rings (SSSR count). The number of Topliss-reactive ketones (excluding diaryl/α,β-unsaturated/α-hetero) is 1. The van der Waals surface area contributed by atoms with Gasteiger partial charge in [-0.3, -0.25) is 4.79 Å². The first-order valence-corrected chi connectivity index (χ1v) is 7.18. The fraction of sp³-hybridized carbons (Fsp3) is 0.133. The molecule has 2 aromatic carbocycles. The van der Waals surface area contributed by atoms with E-state index in [1.807, 2.05) is 54.8 Å². The van der Waals surface area contributed by atoms with Gasteiger partial charge in [0.05, 0.1) is 0 Å². The fourth-order valence-electron chi connectivity index (χ4n) is 1.77. The molecule has 0 spiro atoms. The second kappa shape index (κ2) is 5.59. The van der Waals surface area contributed by atoms with Gasteiger partial charge in [0, 0.05) is 5.56 Å². The Bertz CT molecular complexity index is 527. The van der Waals surface area contributed by atoms with Gasteiger partial charge >= 0.3 is 0 Å². The van der Waals surface area contributed by atoms with Crippen molar-refractivity contribution in [1.82, 2.24) is 0 Å². The van der Waals surface area contributed by atoms with Gasteiger partial charge in [0.25, 0.3) is 0 Å². The van der Waals surface area contributed by atoms with Crippen LogP contribution in [-0.4, -0.2) is 12.0 Å². The third-order valence-electron chi connectivity index (χ3n) is 2.75. The average molecular weight is 277 g/mol. The number of hydrogen-bond donors (Lipinski definition) is 0. The average Bonchev–Trinajstić information content (AvgIpc) is 2.47. The minimum atomic E-state index is -1.05. The van der Waals surface area contributed by atoms with Crippen molar-refractivity contribution in [2.24, 2.45) is 0 Å². The lowest BCUT2D eigenvalue weighted by atomic mass is 10.0. The molecule has 1 nitrogen and oxygen atoms in total. The number of carbonyl (C=O) groups is 1. The van der Waals surface area contributed by atoms with E-state index in [1.165, 1.54) is 11.8 Å². The molecular formula is C15H13ClOS. The Morgan fingerprint density at radius 2 is 1.50 bits per heavy atom. The van der Waals surface area contributed by atoms with Gasteiger partial charge in [-0.05, 0) is 11.8 Å². The SMILES string of the molecule is CSC(Cl)(C(=O)c1ccccc1)c1ccccc1. The molecule has 0 N–H and O–H groups in total. The quantitative estimate of drug-likeness (QED) is 0.611. The maximum absolute atomic E-state index is 12.5. The van der Waals surface area contributed by atoms with E-state index in [-0.39, 0.29) is 5.78 Å². The van der Waals surface area contributed by atoms with Crippen LogP contribution in [0.25, 0.3) is 0 Å². The predicted octanol–water partition coefficient (Wildman–Crippen LogP) is 4.32. The minimum absolute atomic E-state index is 0.0801. The topological polar surface area (TPSA) is 17.1 Å². The molecule has 0 amide bonds. The van der Waals surface area contributed by atoms with Crippen molar-refractivity contribution in [3.63, 3.8) is 0 Å². The number of benzene rings is 2. The number of thioether (sulfide) groups is 1. The van der Waals surface area contributed by atoms with E-state index in [4.69, 9.17) is 11.6 Å². The molecular weight excluding hydrogens is 264 g/mol. The van der Waals surface area contributed by atoms with Crippen molar-refractivity contribution in [3.8, 4) is 0 Å². The Labute approximate surface area is 116 Å². The van der Waals surface area contributed by atoms with Crippen molar-refractivity contribution in [1.29, 1.82) is 0 Å². The Hall–Kier alpha value is -1.25. The number of halogens is 1. The summed E-state index contributed by atoms with van der Waals surface area (Å²) in [5.41, 5.74) is 1.44. The largest absolute Gasteiger partial charge is 0.291 e. The monoisotopic (exact) mass is 276 g/mol. The molecule has 0 fully saturated rings. The highest BCUT2D eigenvalue weighted by atomic mass is 35.5. The van der Waals surface area contributed by atoms with Crippen molar-refractivity contribution in [2.75, 3.05) is 6.26 Å². The maximum Gasteiger partial charge on any atom is 0.198 e. The molecule has 18 heavy (non-hydrogen) atoms. The summed E-state index contributed by atoms with van der Waals surface area (Å²) in [7, 11) is 0. The summed E-state index contributed by atoms with van der Waals surface area (Å²) < 4.78 is -1.05. The summed E-state index contributed by atoms with van der Waals surface area (Å²) in [4.78, 5) is 12.5. The number of carbonyl (C=O) groups excluding carboxylic acids is 1. The van der Waals surface area contributed by atoms with Crippen LogP contribution in [0, 0.1) is 0 Å². The molecule has 0 radical (unpaired) electrons. The first-order valence-electron chi connectivity index (χ1n) is 5.58. The lowest BCUT2D eigenvalue weighted by Gasteiger charge is -2.24. The van der Waals surface area contributed by atoms with Crippen LogP contribution in [0.5, 0.6) is 0 Å². The molecule has 0 bridgehead atoms. The molecule has 0 saturated heterocycles. The number of ketones is 1. The van der Waals surface area contributed by atoms with Crippen molar-refractivity contribution < 1.29 is 4.79 Å². The molecule has 0 aliphatic heterocycles. The van der Waals surface area contributed by atoms with Gasteiger partial charge in [-0.2, -0.15) is 0 Å². The molecule has 3 heteroatoms. The second-order valence-corrected chi connectivity index (χ2v) is 5.67. The van der Waals surface area contributed by atoms with Crippen LogP contribution in [0.15, 0.2) is 60.7 Å². The predicted molar refractivity (Wildman–Crippen MR) is 78.3 cm³/mol. The first-order chi connectivity index (χ1) is 8.68. The fourth-order valence-corrected chi connectivity index (χ4v) is 2.68. The molecule has 1 unspecified atom stereocenters. The summed E-state index contributed by atoms with van der Waals surface area (Å²) >= 11 is 7.89. The smallest absolute Gasteiger partial charge is 0.198 e. The van der Waals surface area contributed by atoms with Crippen molar-refractivity contribution in [2.45, 2.75) is 4.21 Å². The number of alkyl halides is 1. The summed E-state index contributed by atoms with van der Waals surface area (Å²) in [6.45, 7) is 0. The van der Waals surface area contributed by atoms with E-state index in [0.717, 1.165) is 5.56 Å². The number of hydrogen-bond acceptors (Lipinski definition) is 2. The van der Waals surface area contributed by atoms with Crippen LogP contribution < -0.4 is 0 Å². The molecule has 1 atom stereocenters. The highest BCUT2D eigenvalue weighted by Crippen LogP contribution is 2.41. The molecule has 0 heterocycles. The number of rotatable bonds is 4. The van der Waals surface area contributed by atoms with Gasteiger partial charge < -0.3 is 0 Å². The maximum atomic E-state index is 12.5. The summed E-state index contributed by atoms with van der Waals surface area (Å²) in [6.07, 6.45) is 1.85. The lowest BCUT2D eigenvalue weighted by molar-refractivity contribution is 0.0975. The Kier molecular flexibility index (Phi) is 4.10. The van der Waals surface area contributed by atoms with Gasteiger partial charge in [0.15, 0.2) is 9.99 Å². The van der Waals surface area contributed by atoms with Crippen molar-refractivity contribution in [3.05, 3.63) is 71.8 Å². The second-order valence-electron chi connectivity index (χ2n) is 3.86. The van der Waals surface area contributed by atoms with E-state index in [1.54, 1.807) is 12.1 Å². The summed E-state index contributed by atoms with van der Waals surface area (Å²) in [5, 5.41) is 0. The zero-order chi connectivity index (χ0) is 13.0. The van der Waals surface area contributed by atoms with Crippen LogP contribution in [-0.2, 0) is 4.21 Å². The Morgan fingerprint density at radius 3 is 2.00 bits per heavy atom. The van der Waals surface area contributed by atoms with E-state index in [2.05, 4.69) is 0 Å². The lowest BCUT2D eigenvalue weighted by Crippen LogP contribution is -2.26. The molecule has 92 valence electrons. The Morgan fingerprint density at radius 1 is 1.00 bits per heavy atom. The normalized spacial score (nSPS) is 13.9. The highest BCUT2D eigenvalue weighted by molar-refractivity contribution is 8.01. The van der Waals surface area contributed by atoms with Crippen LogP contribution in [0.1, 0.15) is 15.9 Å². The van der Waals surface area contributed by atoms with E-state index in [9.17, 15) is 4.79 Å². The van der Waals surface area contributed by atoms with Crippen LogP contribution in [0.2, 0.25) is 0 Å². The molecule has 0 aromatic heterocycles. The van der Waals surface area contributed by atoms with E-state index < -0.39 is 4.21 Å². The highest BCUT2D eigenvalue weighted by Gasteiger charge is 2.37. The van der Waals surface area contributed by atoms with E-state index in [0.29, 0.717) is 5.56 Å². The zero-order valence-corrected chi connectivity index (χ0v) is 11.5. The van der Waals surface area contributed by atoms with Gasteiger partial charge in [0.2, 0.25) is 0 Å². The minimum Gasteiger partial charge on any atom is -0.291 e. The van der Waals surface area contributed by atoms with Crippen molar-refractivity contribution >= 4 is 29.1 Å². The third-order valence-corrected chi connectivity index (χ3v) is 4.59. The van der Waals surface area contributed by atoms with Gasteiger partial charge in [0.1, 0.15) is 0 Å².